The molecule has 0 aliphatic rings. The monoisotopic (exact) mass is 483 g/mol. The fraction of sp³-hybridized carbons (Fsp3) is 0.273. The van der Waals surface area contributed by atoms with Crippen molar-refractivity contribution in [1.82, 2.24) is 0 Å². The number of ether oxygens (including phenoxy) is 1. The van der Waals surface area contributed by atoms with Crippen LogP contribution in [0.5, 0.6) is 0 Å². The Morgan fingerprint density at radius 1 is 1.10 bits per heavy atom. The lowest BCUT2D eigenvalue weighted by molar-refractivity contribution is -0.129. The number of hydrogen-bond donors (Lipinski definition) is 0. The number of nitrogens with zero attached hydrogens (tertiary/aromatic N) is 1. The molecular weight excluding hydrogens is 461 g/mol. The first-order chi connectivity index (χ1) is 14.4. The molecule has 31 heavy (non-hydrogen) atoms. The van der Waals surface area contributed by atoms with Crippen molar-refractivity contribution in [3.63, 3.8) is 0 Å². The number of benzene rings is 2. The largest absolute Gasteiger partial charge is 0.454 e. The maximum Gasteiger partial charge on any atom is 0.340 e. The van der Waals surface area contributed by atoms with Gasteiger partial charge in [0.05, 0.1) is 27.7 Å². The van der Waals surface area contributed by atoms with Crippen molar-refractivity contribution in [2.75, 3.05) is 17.5 Å². The van der Waals surface area contributed by atoms with Crippen molar-refractivity contribution in [2.45, 2.75) is 25.7 Å². The first-order valence-corrected chi connectivity index (χ1v) is 11.5. The van der Waals surface area contributed by atoms with Gasteiger partial charge in [-0.05, 0) is 42.5 Å². The quantitative estimate of drug-likeness (QED) is 0.383. The van der Waals surface area contributed by atoms with E-state index in [2.05, 4.69) is 6.58 Å². The topological polar surface area (TPSA) is 80.8 Å². The van der Waals surface area contributed by atoms with Gasteiger partial charge in [0.1, 0.15) is 0 Å². The van der Waals surface area contributed by atoms with Crippen molar-refractivity contribution in [3.8, 4) is 0 Å². The highest BCUT2D eigenvalue weighted by Gasteiger charge is 2.27. The predicted octanol–water partition coefficient (Wildman–Crippen LogP) is 5.15. The molecule has 0 saturated heterocycles. The van der Waals surface area contributed by atoms with Gasteiger partial charge in [-0.15, -0.1) is 6.58 Å². The summed E-state index contributed by atoms with van der Waals surface area (Å²) in [5.74, 6) is -1.16. The van der Waals surface area contributed by atoms with Gasteiger partial charge in [-0.25, -0.2) is 13.2 Å². The lowest BCUT2D eigenvalue weighted by Gasteiger charge is -2.23. The molecule has 2 aromatic rings. The van der Waals surface area contributed by atoms with Crippen molar-refractivity contribution in [3.05, 3.63) is 70.7 Å². The van der Waals surface area contributed by atoms with Crippen LogP contribution in [0.3, 0.4) is 0 Å². The van der Waals surface area contributed by atoms with Crippen LogP contribution in [0.25, 0.3) is 0 Å². The molecule has 166 valence electrons. The average molecular weight is 484 g/mol. The second-order valence-corrected chi connectivity index (χ2v) is 10.4. The summed E-state index contributed by atoms with van der Waals surface area (Å²) >= 11 is 12.0. The smallest absolute Gasteiger partial charge is 0.340 e. The number of carbonyl (C=O) groups excluding carboxylic acids is 2. The molecule has 0 aliphatic heterocycles. The molecule has 0 unspecified atom stereocenters. The van der Waals surface area contributed by atoms with Crippen molar-refractivity contribution in [1.29, 1.82) is 0 Å². The SMILES string of the molecule is C=CCN(c1ccc(Cl)cc1)S(=O)(=O)c1ccc(Cl)c(C(=O)OCC(=O)C(C)(C)C)c1. The first-order valence-electron chi connectivity index (χ1n) is 9.27. The van der Waals surface area contributed by atoms with E-state index in [1.165, 1.54) is 18.2 Å². The highest BCUT2D eigenvalue weighted by atomic mass is 35.5. The average Bonchev–Trinajstić information content (AvgIpc) is 2.70. The molecule has 0 saturated carbocycles. The maximum atomic E-state index is 13.3. The Bertz CT molecular complexity index is 1090. The summed E-state index contributed by atoms with van der Waals surface area (Å²) in [7, 11) is -4.07. The Morgan fingerprint density at radius 3 is 2.26 bits per heavy atom. The summed E-state index contributed by atoms with van der Waals surface area (Å²) in [6.45, 7) is 8.27. The van der Waals surface area contributed by atoms with E-state index in [1.54, 1.807) is 45.0 Å². The van der Waals surface area contributed by atoms with Gasteiger partial charge >= 0.3 is 5.97 Å². The van der Waals surface area contributed by atoms with Crippen LogP contribution in [-0.4, -0.2) is 33.3 Å². The third-order valence-corrected chi connectivity index (χ3v) is 6.70. The number of esters is 1. The zero-order valence-electron chi connectivity index (χ0n) is 17.4. The summed E-state index contributed by atoms with van der Waals surface area (Å²) < 4.78 is 32.8. The van der Waals surface area contributed by atoms with Crippen LogP contribution in [-0.2, 0) is 19.6 Å². The fourth-order valence-corrected chi connectivity index (χ4v) is 4.22. The van der Waals surface area contributed by atoms with E-state index in [1.807, 2.05) is 0 Å². The zero-order chi connectivity index (χ0) is 23.4. The van der Waals surface area contributed by atoms with Crippen LogP contribution in [0.4, 0.5) is 5.69 Å². The van der Waals surface area contributed by atoms with E-state index in [0.29, 0.717) is 10.7 Å². The second kappa shape index (κ2) is 9.85. The summed E-state index contributed by atoms with van der Waals surface area (Å²) in [6.07, 6.45) is 1.44. The number of anilines is 1. The number of ketones is 1. The maximum absolute atomic E-state index is 13.3. The zero-order valence-corrected chi connectivity index (χ0v) is 19.7. The van der Waals surface area contributed by atoms with Crippen molar-refractivity contribution in [2.24, 2.45) is 5.41 Å². The molecule has 9 heteroatoms. The van der Waals surface area contributed by atoms with Gasteiger partial charge in [-0.2, -0.15) is 0 Å². The Balaban J connectivity index is 2.39. The van der Waals surface area contributed by atoms with Gasteiger partial charge in [0.15, 0.2) is 12.4 Å². The van der Waals surface area contributed by atoms with Gasteiger partial charge in [-0.3, -0.25) is 9.10 Å². The minimum atomic E-state index is -4.07. The molecule has 0 N–H and O–H groups in total. The summed E-state index contributed by atoms with van der Waals surface area (Å²) in [5, 5.41) is 0.468. The van der Waals surface area contributed by atoms with Gasteiger partial charge in [-0.1, -0.05) is 50.0 Å². The van der Waals surface area contributed by atoms with E-state index in [0.717, 1.165) is 10.4 Å². The Morgan fingerprint density at radius 2 is 1.71 bits per heavy atom. The molecule has 0 bridgehead atoms. The number of rotatable bonds is 8. The molecule has 0 aromatic heterocycles. The minimum Gasteiger partial charge on any atom is -0.454 e. The molecule has 0 spiro atoms. The van der Waals surface area contributed by atoms with Gasteiger partial charge in [0, 0.05) is 10.4 Å². The van der Waals surface area contributed by atoms with E-state index in [4.69, 9.17) is 27.9 Å². The standard InChI is InChI=1S/C22H23Cl2NO5S/c1-5-12-25(16-8-6-15(23)7-9-16)31(28,29)17-10-11-19(24)18(13-17)21(27)30-14-20(26)22(2,3)4/h5-11,13H,1,12,14H2,2-4H3. The highest BCUT2D eigenvalue weighted by Crippen LogP contribution is 2.28. The van der Waals surface area contributed by atoms with E-state index < -0.39 is 28.0 Å². The normalized spacial score (nSPS) is 11.6. The highest BCUT2D eigenvalue weighted by molar-refractivity contribution is 7.92. The number of Topliss-reactive ketones (excluding diaryl/α,β-unsaturated/α-hetero) is 1. The van der Waals surface area contributed by atoms with E-state index in [-0.39, 0.29) is 27.8 Å². The van der Waals surface area contributed by atoms with Crippen LogP contribution in [0.1, 0.15) is 31.1 Å². The van der Waals surface area contributed by atoms with Gasteiger partial charge in [0.2, 0.25) is 0 Å². The molecule has 0 fully saturated rings. The van der Waals surface area contributed by atoms with Crippen molar-refractivity contribution >= 4 is 50.7 Å². The van der Waals surface area contributed by atoms with E-state index >= 15 is 0 Å². The van der Waals surface area contributed by atoms with Gasteiger partial charge in [0.25, 0.3) is 10.0 Å². The number of carbonyl (C=O) groups is 2. The Kier molecular flexibility index (Phi) is 7.92. The number of halogens is 2. The van der Waals surface area contributed by atoms with Crippen LogP contribution in [0.15, 0.2) is 60.0 Å². The van der Waals surface area contributed by atoms with E-state index in [9.17, 15) is 18.0 Å². The fourth-order valence-electron chi connectivity index (χ4n) is 2.44. The lowest BCUT2D eigenvalue weighted by atomic mass is 9.91. The molecule has 0 heterocycles. The lowest BCUT2D eigenvalue weighted by Crippen LogP contribution is -2.31. The molecular formula is C22H23Cl2NO5S. The molecule has 0 amide bonds. The first kappa shape index (κ1) is 24.9. The summed E-state index contributed by atoms with van der Waals surface area (Å²) in [4.78, 5) is 24.3. The molecule has 0 aliphatic carbocycles. The second-order valence-electron chi connectivity index (χ2n) is 7.69. The van der Waals surface area contributed by atoms with Crippen LogP contribution >= 0.6 is 23.2 Å². The molecule has 0 radical (unpaired) electrons. The third-order valence-electron chi connectivity index (χ3n) is 4.33. The Labute approximate surface area is 192 Å². The predicted molar refractivity (Wildman–Crippen MR) is 122 cm³/mol. The van der Waals surface area contributed by atoms with Crippen molar-refractivity contribution < 1.29 is 22.7 Å². The summed E-state index contributed by atoms with van der Waals surface area (Å²) in [5.41, 5.74) is -0.461. The molecule has 2 aromatic carbocycles. The molecule has 6 nitrogen and oxygen atoms in total. The Hall–Kier alpha value is -2.35. The third kappa shape index (κ3) is 6.09. The number of sulfonamides is 1. The molecule has 2 rings (SSSR count). The van der Waals surface area contributed by atoms with Crippen LogP contribution in [0.2, 0.25) is 10.0 Å². The summed E-state index contributed by atoms with van der Waals surface area (Å²) in [6, 6.07) is 9.98. The number of hydrogen-bond acceptors (Lipinski definition) is 5. The van der Waals surface area contributed by atoms with Crippen LogP contribution in [0, 0.1) is 5.41 Å². The van der Waals surface area contributed by atoms with Crippen LogP contribution < -0.4 is 4.31 Å². The minimum absolute atomic E-state index is 0.00748. The molecule has 0 atom stereocenters. The van der Waals surface area contributed by atoms with Gasteiger partial charge < -0.3 is 4.74 Å².